The Labute approximate surface area is 183 Å². The lowest BCUT2D eigenvalue weighted by atomic mass is 10.1. The van der Waals surface area contributed by atoms with Crippen LogP contribution in [0, 0.1) is 0 Å². The minimum Gasteiger partial charge on any atom is -0.408 e. The van der Waals surface area contributed by atoms with Gasteiger partial charge in [0.05, 0.1) is 15.9 Å². The monoisotopic (exact) mass is 458 g/mol. The molecular weight excluding hydrogens is 440 g/mol. The summed E-state index contributed by atoms with van der Waals surface area (Å²) in [4.78, 5) is 18.4. The fourth-order valence-corrected chi connectivity index (χ4v) is 5.58. The van der Waals surface area contributed by atoms with Crippen molar-refractivity contribution < 1.29 is 12.8 Å². The van der Waals surface area contributed by atoms with Gasteiger partial charge in [0.1, 0.15) is 0 Å². The number of rotatable bonds is 3. The quantitative estimate of drug-likeness (QED) is 0.469. The molecule has 1 fully saturated rings. The average Bonchev–Trinajstić information content (AvgIpc) is 3.06. The summed E-state index contributed by atoms with van der Waals surface area (Å²) in [6, 6.07) is 12.0. The summed E-state index contributed by atoms with van der Waals surface area (Å²) >= 11 is 6.08. The van der Waals surface area contributed by atoms with Crippen molar-refractivity contribution in [2.45, 2.75) is 4.90 Å². The van der Waals surface area contributed by atoms with Gasteiger partial charge >= 0.3 is 5.76 Å². The van der Waals surface area contributed by atoms with Gasteiger partial charge in [-0.2, -0.15) is 4.31 Å². The van der Waals surface area contributed by atoms with E-state index in [1.807, 2.05) is 24.3 Å². The third-order valence-corrected chi connectivity index (χ3v) is 7.79. The third kappa shape index (κ3) is 3.38. The Morgan fingerprint density at radius 1 is 1.03 bits per heavy atom. The molecule has 3 heterocycles. The SMILES string of the molecule is Cn1c(=O)oc2ccc(S(=O)(=O)N3CCN(c4ccnc5cc(Cl)ccc45)CC3)cc21. The van der Waals surface area contributed by atoms with E-state index in [2.05, 4.69) is 9.88 Å². The standard InChI is InChI=1S/C21H19ClN4O4S/c1-24-19-13-15(3-5-20(19)30-21(24)27)31(28,29)26-10-8-25(9-11-26)18-6-7-23-17-12-14(22)2-4-16(17)18/h2-7,12-13H,8-11H2,1H3. The number of aryl methyl sites for hydroxylation is 1. The summed E-state index contributed by atoms with van der Waals surface area (Å²) in [6.07, 6.45) is 1.74. The molecule has 4 aromatic rings. The van der Waals surface area contributed by atoms with Gasteiger partial charge in [0, 0.05) is 55.5 Å². The second kappa shape index (κ2) is 7.37. The van der Waals surface area contributed by atoms with Crippen LogP contribution in [-0.4, -0.2) is 48.5 Å². The topological polar surface area (TPSA) is 88.6 Å². The second-order valence-corrected chi connectivity index (χ2v) is 9.81. The van der Waals surface area contributed by atoms with Crippen LogP contribution >= 0.6 is 11.6 Å². The molecule has 0 aliphatic carbocycles. The molecule has 2 aromatic carbocycles. The van der Waals surface area contributed by atoms with E-state index in [1.165, 1.54) is 27.1 Å². The highest BCUT2D eigenvalue weighted by Gasteiger charge is 2.29. The Morgan fingerprint density at radius 3 is 2.58 bits per heavy atom. The number of benzene rings is 2. The molecule has 0 bridgehead atoms. The van der Waals surface area contributed by atoms with Gasteiger partial charge in [0.15, 0.2) is 5.58 Å². The largest absolute Gasteiger partial charge is 0.419 e. The lowest BCUT2D eigenvalue weighted by molar-refractivity contribution is 0.385. The van der Waals surface area contributed by atoms with Gasteiger partial charge in [-0.15, -0.1) is 0 Å². The minimum absolute atomic E-state index is 0.147. The van der Waals surface area contributed by atoms with E-state index in [4.69, 9.17) is 16.0 Å². The maximum Gasteiger partial charge on any atom is 0.419 e. The third-order valence-electron chi connectivity index (χ3n) is 5.66. The first-order valence-corrected chi connectivity index (χ1v) is 11.6. The summed E-state index contributed by atoms with van der Waals surface area (Å²) in [7, 11) is -2.14. The highest BCUT2D eigenvalue weighted by molar-refractivity contribution is 7.89. The van der Waals surface area contributed by atoms with Gasteiger partial charge in [-0.3, -0.25) is 9.55 Å². The molecule has 160 valence electrons. The molecule has 8 nitrogen and oxygen atoms in total. The van der Waals surface area contributed by atoms with E-state index in [0.717, 1.165) is 16.6 Å². The second-order valence-electron chi connectivity index (χ2n) is 7.44. The highest BCUT2D eigenvalue weighted by atomic mass is 35.5. The number of hydrogen-bond acceptors (Lipinski definition) is 6. The van der Waals surface area contributed by atoms with E-state index < -0.39 is 15.8 Å². The number of aromatic nitrogens is 2. The van der Waals surface area contributed by atoms with E-state index in [9.17, 15) is 13.2 Å². The van der Waals surface area contributed by atoms with Gasteiger partial charge in [-0.05, 0) is 42.5 Å². The lowest BCUT2D eigenvalue weighted by Crippen LogP contribution is -2.48. The van der Waals surface area contributed by atoms with E-state index in [0.29, 0.717) is 42.3 Å². The molecule has 1 aliphatic heterocycles. The van der Waals surface area contributed by atoms with Crippen LogP contribution in [0.3, 0.4) is 0 Å². The number of hydrogen-bond donors (Lipinski definition) is 0. The number of pyridine rings is 1. The Bertz CT molecular complexity index is 1470. The zero-order valence-corrected chi connectivity index (χ0v) is 18.2. The molecule has 31 heavy (non-hydrogen) atoms. The summed E-state index contributed by atoms with van der Waals surface area (Å²) in [6.45, 7) is 1.80. The molecule has 0 atom stereocenters. The minimum atomic E-state index is -3.69. The summed E-state index contributed by atoms with van der Waals surface area (Å²) in [5.41, 5.74) is 2.63. The van der Waals surface area contributed by atoms with Gasteiger partial charge in [-0.1, -0.05) is 11.6 Å². The fourth-order valence-electron chi connectivity index (χ4n) is 3.97. The van der Waals surface area contributed by atoms with Crippen LogP contribution in [0.25, 0.3) is 22.0 Å². The van der Waals surface area contributed by atoms with Gasteiger partial charge in [-0.25, -0.2) is 13.2 Å². The van der Waals surface area contributed by atoms with E-state index in [-0.39, 0.29) is 4.90 Å². The van der Waals surface area contributed by atoms with Crippen LogP contribution in [-0.2, 0) is 17.1 Å². The van der Waals surface area contributed by atoms with Crippen LogP contribution in [0.1, 0.15) is 0 Å². The Morgan fingerprint density at radius 2 is 1.81 bits per heavy atom. The molecule has 2 aromatic heterocycles. The van der Waals surface area contributed by atoms with Crippen molar-refractivity contribution in [3.8, 4) is 0 Å². The maximum atomic E-state index is 13.2. The van der Waals surface area contributed by atoms with Crippen molar-refractivity contribution in [2.75, 3.05) is 31.1 Å². The summed E-state index contributed by atoms with van der Waals surface area (Å²) in [5.74, 6) is -0.524. The van der Waals surface area contributed by atoms with Crippen molar-refractivity contribution >= 4 is 49.3 Å². The maximum absolute atomic E-state index is 13.2. The molecule has 10 heteroatoms. The number of sulfonamides is 1. The number of oxazole rings is 1. The van der Waals surface area contributed by atoms with Gasteiger partial charge < -0.3 is 9.32 Å². The lowest BCUT2D eigenvalue weighted by Gasteiger charge is -2.35. The molecule has 0 N–H and O–H groups in total. The normalized spacial score (nSPS) is 15.7. The first kappa shape index (κ1) is 20.0. The molecule has 0 unspecified atom stereocenters. The molecule has 0 radical (unpaired) electrons. The smallest absolute Gasteiger partial charge is 0.408 e. The summed E-state index contributed by atoms with van der Waals surface area (Å²) < 4.78 is 34.3. The van der Waals surface area contributed by atoms with Crippen LogP contribution in [0.4, 0.5) is 5.69 Å². The van der Waals surface area contributed by atoms with Crippen molar-refractivity contribution in [1.29, 1.82) is 0 Å². The van der Waals surface area contributed by atoms with E-state index >= 15 is 0 Å². The zero-order chi connectivity index (χ0) is 21.8. The predicted molar refractivity (Wildman–Crippen MR) is 119 cm³/mol. The number of piperazine rings is 1. The molecule has 0 saturated carbocycles. The molecular formula is C21H19ClN4O4S. The van der Waals surface area contributed by atoms with Crippen LogP contribution in [0.2, 0.25) is 5.02 Å². The molecule has 0 amide bonds. The molecule has 5 rings (SSSR count). The fraction of sp³-hybridized carbons (Fsp3) is 0.238. The van der Waals surface area contributed by atoms with Crippen molar-refractivity contribution in [3.05, 3.63) is 64.2 Å². The average molecular weight is 459 g/mol. The number of anilines is 1. The Hall–Kier alpha value is -2.88. The van der Waals surface area contributed by atoms with Gasteiger partial charge in [0.25, 0.3) is 0 Å². The number of fused-ring (bicyclic) bond motifs is 2. The van der Waals surface area contributed by atoms with Crippen LogP contribution < -0.4 is 10.7 Å². The first-order valence-electron chi connectivity index (χ1n) is 9.73. The van der Waals surface area contributed by atoms with Crippen molar-refractivity contribution in [1.82, 2.24) is 13.9 Å². The summed E-state index contributed by atoms with van der Waals surface area (Å²) in [5, 5.41) is 1.61. The van der Waals surface area contributed by atoms with Crippen molar-refractivity contribution in [3.63, 3.8) is 0 Å². The van der Waals surface area contributed by atoms with Crippen LogP contribution in [0.15, 0.2) is 62.8 Å². The highest BCUT2D eigenvalue weighted by Crippen LogP contribution is 2.29. The zero-order valence-electron chi connectivity index (χ0n) is 16.7. The molecule has 1 aliphatic rings. The Balaban J connectivity index is 1.40. The van der Waals surface area contributed by atoms with Gasteiger partial charge in [0.2, 0.25) is 10.0 Å². The van der Waals surface area contributed by atoms with Crippen LogP contribution in [0.5, 0.6) is 0 Å². The van der Waals surface area contributed by atoms with Crippen molar-refractivity contribution in [2.24, 2.45) is 7.05 Å². The Kier molecular flexibility index (Phi) is 4.76. The number of nitrogens with zero attached hydrogens (tertiary/aromatic N) is 4. The predicted octanol–water partition coefficient (Wildman–Crippen LogP) is 2.84. The molecule has 1 saturated heterocycles. The molecule has 0 spiro atoms. The first-order chi connectivity index (χ1) is 14.8. The number of halogens is 1. The van der Waals surface area contributed by atoms with E-state index in [1.54, 1.807) is 13.2 Å².